The summed E-state index contributed by atoms with van der Waals surface area (Å²) >= 11 is 0. The van der Waals surface area contributed by atoms with Crippen molar-refractivity contribution in [1.82, 2.24) is 15.5 Å². The molecule has 0 radical (unpaired) electrons. The molecule has 3 nitrogen and oxygen atoms in total. The maximum absolute atomic E-state index is 3.58. The summed E-state index contributed by atoms with van der Waals surface area (Å²) in [5, 5.41) is 6.98. The summed E-state index contributed by atoms with van der Waals surface area (Å²) in [6.07, 6.45) is 4.11. The maximum Gasteiger partial charge on any atom is 0.0110 e. The molecule has 0 aromatic heterocycles. The predicted octanol–water partition coefficient (Wildman–Crippen LogP) is 0.422. The molecule has 1 heterocycles. The van der Waals surface area contributed by atoms with E-state index >= 15 is 0 Å². The number of rotatable bonds is 5. The van der Waals surface area contributed by atoms with Crippen molar-refractivity contribution in [3.63, 3.8) is 0 Å². The average Bonchev–Trinajstić information content (AvgIpc) is 3.03. The van der Waals surface area contributed by atoms with Crippen molar-refractivity contribution in [2.75, 3.05) is 32.7 Å². The number of nitrogens with one attached hydrogen (secondary N) is 2. The summed E-state index contributed by atoms with van der Waals surface area (Å²) in [6, 6.07) is 1.62. The van der Waals surface area contributed by atoms with Crippen LogP contribution in [0.5, 0.6) is 0 Å². The summed E-state index contributed by atoms with van der Waals surface area (Å²) in [6.45, 7) is 8.35. The van der Waals surface area contributed by atoms with Crippen molar-refractivity contribution in [3.05, 3.63) is 0 Å². The molecule has 1 saturated heterocycles. The molecule has 0 aromatic carbocycles. The quantitative estimate of drug-likeness (QED) is 0.669. The van der Waals surface area contributed by atoms with E-state index in [1.807, 2.05) is 0 Å². The molecule has 1 unspecified atom stereocenters. The molecule has 2 fully saturated rings. The third-order valence-corrected chi connectivity index (χ3v) is 3.35. The lowest BCUT2D eigenvalue weighted by molar-refractivity contribution is 0.176. The number of piperazine rings is 1. The SMILES string of the molecule is CC(CCNC1CC1)N1CCNCC1. The summed E-state index contributed by atoms with van der Waals surface area (Å²) < 4.78 is 0. The van der Waals surface area contributed by atoms with Crippen LogP contribution in [0.2, 0.25) is 0 Å². The number of hydrogen-bond acceptors (Lipinski definition) is 3. The minimum absolute atomic E-state index is 0.753. The molecule has 82 valence electrons. The van der Waals surface area contributed by atoms with Gasteiger partial charge >= 0.3 is 0 Å². The smallest absolute Gasteiger partial charge is 0.0110 e. The highest BCUT2D eigenvalue weighted by Crippen LogP contribution is 2.18. The van der Waals surface area contributed by atoms with Gasteiger partial charge in [0.05, 0.1) is 0 Å². The van der Waals surface area contributed by atoms with Crippen LogP contribution in [-0.2, 0) is 0 Å². The lowest BCUT2D eigenvalue weighted by atomic mass is 10.2. The van der Waals surface area contributed by atoms with Gasteiger partial charge in [-0.05, 0) is 32.7 Å². The van der Waals surface area contributed by atoms with E-state index in [0.717, 1.165) is 12.1 Å². The van der Waals surface area contributed by atoms with Crippen LogP contribution in [0, 0.1) is 0 Å². The highest BCUT2D eigenvalue weighted by molar-refractivity contribution is 4.82. The van der Waals surface area contributed by atoms with Gasteiger partial charge in [-0.15, -0.1) is 0 Å². The molecule has 14 heavy (non-hydrogen) atoms. The first-order chi connectivity index (χ1) is 6.86. The lowest BCUT2D eigenvalue weighted by Crippen LogP contribution is -2.48. The zero-order chi connectivity index (χ0) is 9.80. The molecule has 0 amide bonds. The van der Waals surface area contributed by atoms with Gasteiger partial charge in [0.15, 0.2) is 0 Å². The van der Waals surface area contributed by atoms with Crippen molar-refractivity contribution in [2.24, 2.45) is 0 Å². The molecule has 1 aliphatic carbocycles. The molecule has 3 heteroatoms. The molecule has 1 aliphatic heterocycles. The predicted molar refractivity (Wildman–Crippen MR) is 59.5 cm³/mol. The molecular formula is C11H23N3. The Morgan fingerprint density at radius 2 is 2.07 bits per heavy atom. The van der Waals surface area contributed by atoms with Crippen LogP contribution < -0.4 is 10.6 Å². The molecule has 0 bridgehead atoms. The molecule has 1 atom stereocenters. The van der Waals surface area contributed by atoms with E-state index in [9.17, 15) is 0 Å². The van der Waals surface area contributed by atoms with E-state index in [0.29, 0.717) is 0 Å². The van der Waals surface area contributed by atoms with E-state index in [2.05, 4.69) is 22.5 Å². The zero-order valence-electron chi connectivity index (χ0n) is 9.26. The average molecular weight is 197 g/mol. The molecule has 1 saturated carbocycles. The lowest BCUT2D eigenvalue weighted by Gasteiger charge is -2.32. The highest BCUT2D eigenvalue weighted by Gasteiger charge is 2.21. The second-order valence-electron chi connectivity index (χ2n) is 4.65. The first-order valence-corrected chi connectivity index (χ1v) is 6.04. The van der Waals surface area contributed by atoms with E-state index < -0.39 is 0 Å². The Hall–Kier alpha value is -0.120. The third kappa shape index (κ3) is 3.23. The van der Waals surface area contributed by atoms with Crippen LogP contribution in [0.1, 0.15) is 26.2 Å². The van der Waals surface area contributed by atoms with Crippen molar-refractivity contribution in [2.45, 2.75) is 38.3 Å². The van der Waals surface area contributed by atoms with Crippen molar-refractivity contribution in [3.8, 4) is 0 Å². The summed E-state index contributed by atoms with van der Waals surface area (Å²) in [5.41, 5.74) is 0. The van der Waals surface area contributed by atoms with E-state index in [4.69, 9.17) is 0 Å². The Balaban J connectivity index is 1.57. The Morgan fingerprint density at radius 3 is 2.71 bits per heavy atom. The summed E-state index contributed by atoms with van der Waals surface area (Å²) in [4.78, 5) is 2.60. The Kier molecular flexibility index (Phi) is 3.79. The van der Waals surface area contributed by atoms with Crippen molar-refractivity contribution >= 4 is 0 Å². The first kappa shape index (κ1) is 10.4. The molecule has 2 N–H and O–H groups in total. The van der Waals surface area contributed by atoms with Crippen LogP contribution in [0.4, 0.5) is 0 Å². The summed E-state index contributed by atoms with van der Waals surface area (Å²) in [5.74, 6) is 0. The zero-order valence-corrected chi connectivity index (χ0v) is 9.26. The first-order valence-electron chi connectivity index (χ1n) is 6.04. The Labute approximate surface area is 87.2 Å². The van der Waals surface area contributed by atoms with Gasteiger partial charge in [-0.25, -0.2) is 0 Å². The minimum Gasteiger partial charge on any atom is -0.314 e. The monoisotopic (exact) mass is 197 g/mol. The summed E-state index contributed by atoms with van der Waals surface area (Å²) in [7, 11) is 0. The fourth-order valence-electron chi connectivity index (χ4n) is 2.09. The molecule has 2 aliphatic rings. The molecule has 2 rings (SSSR count). The van der Waals surface area contributed by atoms with E-state index in [1.54, 1.807) is 0 Å². The second kappa shape index (κ2) is 5.10. The number of nitrogens with zero attached hydrogens (tertiary/aromatic N) is 1. The topological polar surface area (TPSA) is 27.3 Å². The fourth-order valence-corrected chi connectivity index (χ4v) is 2.09. The molecular weight excluding hydrogens is 174 g/mol. The third-order valence-electron chi connectivity index (χ3n) is 3.35. The van der Waals surface area contributed by atoms with Gasteiger partial charge in [-0.1, -0.05) is 0 Å². The molecule has 0 spiro atoms. The van der Waals surface area contributed by atoms with Crippen LogP contribution in [-0.4, -0.2) is 49.7 Å². The minimum atomic E-state index is 0.753. The second-order valence-corrected chi connectivity index (χ2v) is 4.65. The van der Waals surface area contributed by atoms with Gasteiger partial charge in [0.25, 0.3) is 0 Å². The van der Waals surface area contributed by atoms with Gasteiger partial charge < -0.3 is 10.6 Å². The van der Waals surface area contributed by atoms with Crippen LogP contribution >= 0.6 is 0 Å². The van der Waals surface area contributed by atoms with Gasteiger partial charge in [0.1, 0.15) is 0 Å². The largest absolute Gasteiger partial charge is 0.314 e. The van der Waals surface area contributed by atoms with Gasteiger partial charge in [-0.2, -0.15) is 0 Å². The fraction of sp³-hybridized carbons (Fsp3) is 1.00. The van der Waals surface area contributed by atoms with E-state index in [-0.39, 0.29) is 0 Å². The van der Waals surface area contributed by atoms with Crippen LogP contribution in [0.25, 0.3) is 0 Å². The highest BCUT2D eigenvalue weighted by atomic mass is 15.2. The van der Waals surface area contributed by atoms with Crippen LogP contribution in [0.3, 0.4) is 0 Å². The standard InChI is InChI=1S/C11H23N3/c1-10(4-5-13-11-2-3-11)14-8-6-12-7-9-14/h10-13H,2-9H2,1H3. The Morgan fingerprint density at radius 1 is 1.36 bits per heavy atom. The van der Waals surface area contributed by atoms with Crippen molar-refractivity contribution < 1.29 is 0 Å². The van der Waals surface area contributed by atoms with Gasteiger partial charge in [0.2, 0.25) is 0 Å². The normalized spacial score (nSPS) is 26.4. The molecule has 0 aromatic rings. The van der Waals surface area contributed by atoms with E-state index in [1.165, 1.54) is 52.0 Å². The van der Waals surface area contributed by atoms with Gasteiger partial charge in [0, 0.05) is 38.3 Å². The Bertz CT molecular complexity index is 162. The van der Waals surface area contributed by atoms with Gasteiger partial charge in [-0.3, -0.25) is 4.90 Å². The van der Waals surface area contributed by atoms with Crippen molar-refractivity contribution in [1.29, 1.82) is 0 Å². The van der Waals surface area contributed by atoms with Crippen LogP contribution in [0.15, 0.2) is 0 Å². The maximum atomic E-state index is 3.58. The number of hydrogen-bond donors (Lipinski definition) is 2.